The van der Waals surface area contributed by atoms with E-state index >= 15 is 0 Å². The highest BCUT2D eigenvalue weighted by molar-refractivity contribution is 6.33. The van der Waals surface area contributed by atoms with Crippen molar-refractivity contribution >= 4 is 23.2 Å². The second-order valence-electron chi connectivity index (χ2n) is 4.53. The quantitative estimate of drug-likeness (QED) is 0.790. The van der Waals surface area contributed by atoms with Crippen molar-refractivity contribution in [1.82, 2.24) is 4.90 Å². The molecule has 1 saturated heterocycles. The number of benzene rings is 1. The Morgan fingerprint density at radius 2 is 2.28 bits per heavy atom. The molecular weight excluding hydrogens is 259 g/mol. The number of hydrogen-bond donors (Lipinski definition) is 1. The van der Waals surface area contributed by atoms with Crippen molar-refractivity contribution in [3.8, 4) is 5.75 Å². The van der Waals surface area contributed by atoms with Crippen LogP contribution in [0.5, 0.6) is 5.75 Å². The zero-order chi connectivity index (χ0) is 12.9. The molecule has 0 bridgehead atoms. The molecule has 0 spiro atoms. The summed E-state index contributed by atoms with van der Waals surface area (Å²) in [6.45, 7) is 0.761. The summed E-state index contributed by atoms with van der Waals surface area (Å²) in [6, 6.07) is 1.51. The van der Waals surface area contributed by atoms with Crippen LogP contribution in [0.3, 0.4) is 0 Å². The number of fused-ring (bicyclic) bond motifs is 1. The molecule has 0 aliphatic carbocycles. The fraction of sp³-hybridized carbons (Fsp3) is 0.417. The Morgan fingerprint density at radius 1 is 1.56 bits per heavy atom. The van der Waals surface area contributed by atoms with Crippen LogP contribution in [-0.4, -0.2) is 36.7 Å². The third-order valence-corrected chi connectivity index (χ3v) is 3.64. The van der Waals surface area contributed by atoms with Gasteiger partial charge in [0, 0.05) is 12.0 Å². The average Bonchev–Trinajstić information content (AvgIpc) is 2.78. The minimum absolute atomic E-state index is 0.135. The van der Waals surface area contributed by atoms with Crippen LogP contribution in [0.1, 0.15) is 15.9 Å². The van der Waals surface area contributed by atoms with Crippen molar-refractivity contribution in [2.24, 2.45) is 0 Å². The summed E-state index contributed by atoms with van der Waals surface area (Å²) in [5.41, 5.74) is 7.48. The lowest BCUT2D eigenvalue weighted by Gasteiger charge is -2.34. The number of nitrogen functional groups attached to an aromatic ring is 1. The number of hydrogen-bond acceptors (Lipinski definition) is 3. The van der Waals surface area contributed by atoms with Crippen molar-refractivity contribution in [1.29, 1.82) is 0 Å². The van der Waals surface area contributed by atoms with E-state index in [1.54, 1.807) is 0 Å². The molecule has 96 valence electrons. The summed E-state index contributed by atoms with van der Waals surface area (Å²) >= 11 is 6.01. The van der Waals surface area contributed by atoms with Gasteiger partial charge in [0.2, 0.25) is 0 Å². The summed E-state index contributed by atoms with van der Waals surface area (Å²) in [5.74, 6) is 0.258. The predicted octanol–water partition coefficient (Wildman–Crippen LogP) is 1.65. The Balaban J connectivity index is 2.00. The number of likely N-dealkylation sites (tertiary alicyclic amines) is 1. The van der Waals surface area contributed by atoms with E-state index in [9.17, 15) is 9.18 Å². The second kappa shape index (κ2) is 4.02. The number of nitrogens with zero attached hydrogens (tertiary/aromatic N) is 1. The number of alkyl halides is 1. The summed E-state index contributed by atoms with van der Waals surface area (Å²) in [5, 5.41) is 0.347. The smallest absolute Gasteiger partial charge is 0.257 e. The van der Waals surface area contributed by atoms with E-state index in [1.165, 1.54) is 11.0 Å². The van der Waals surface area contributed by atoms with E-state index in [4.69, 9.17) is 22.1 Å². The van der Waals surface area contributed by atoms with Crippen molar-refractivity contribution in [2.75, 3.05) is 25.4 Å². The number of anilines is 1. The third-order valence-electron chi connectivity index (χ3n) is 3.33. The van der Waals surface area contributed by atoms with Crippen LogP contribution in [0.25, 0.3) is 0 Å². The normalized spacial score (nSPS) is 18.2. The SMILES string of the molecule is Nc1c(Cl)cc(C(=O)N2CC(F)C2)c2c1CCO2. The number of carbonyl (C=O) groups excluding carboxylic acids is 1. The first-order valence-electron chi connectivity index (χ1n) is 5.75. The summed E-state index contributed by atoms with van der Waals surface area (Å²) in [4.78, 5) is 13.6. The lowest BCUT2D eigenvalue weighted by molar-refractivity contribution is 0.0397. The summed E-state index contributed by atoms with van der Waals surface area (Å²) < 4.78 is 18.2. The first-order valence-corrected chi connectivity index (χ1v) is 6.12. The molecule has 4 nitrogen and oxygen atoms in total. The second-order valence-corrected chi connectivity index (χ2v) is 4.94. The van der Waals surface area contributed by atoms with Gasteiger partial charge in [0.05, 0.1) is 36.0 Å². The number of rotatable bonds is 1. The molecule has 2 aliphatic rings. The highest BCUT2D eigenvalue weighted by atomic mass is 35.5. The van der Waals surface area contributed by atoms with Crippen LogP contribution in [0.2, 0.25) is 5.02 Å². The molecule has 6 heteroatoms. The van der Waals surface area contributed by atoms with Gasteiger partial charge < -0.3 is 15.4 Å². The number of halogens is 2. The lowest BCUT2D eigenvalue weighted by Crippen LogP contribution is -2.51. The van der Waals surface area contributed by atoms with Crippen molar-refractivity contribution < 1.29 is 13.9 Å². The molecule has 2 N–H and O–H groups in total. The fourth-order valence-electron chi connectivity index (χ4n) is 2.29. The third kappa shape index (κ3) is 1.61. The zero-order valence-corrected chi connectivity index (χ0v) is 10.3. The van der Waals surface area contributed by atoms with E-state index in [0.29, 0.717) is 35.1 Å². The molecule has 3 rings (SSSR count). The average molecular weight is 271 g/mol. The molecule has 18 heavy (non-hydrogen) atoms. The van der Waals surface area contributed by atoms with Crippen LogP contribution in [0.15, 0.2) is 6.07 Å². The molecule has 0 radical (unpaired) electrons. The molecule has 1 amide bonds. The largest absolute Gasteiger partial charge is 0.492 e. The maximum absolute atomic E-state index is 12.8. The maximum atomic E-state index is 12.8. The number of carbonyl (C=O) groups is 1. The van der Waals surface area contributed by atoms with E-state index < -0.39 is 6.17 Å². The van der Waals surface area contributed by atoms with Crippen LogP contribution >= 0.6 is 11.6 Å². The molecule has 1 aromatic rings. The molecule has 0 saturated carbocycles. The van der Waals surface area contributed by atoms with Gasteiger partial charge in [-0.1, -0.05) is 11.6 Å². The van der Waals surface area contributed by atoms with Crippen LogP contribution in [0.4, 0.5) is 10.1 Å². The minimum atomic E-state index is -0.924. The Kier molecular flexibility index (Phi) is 2.59. The number of nitrogens with two attached hydrogens (primary N) is 1. The lowest BCUT2D eigenvalue weighted by atomic mass is 10.0. The van der Waals surface area contributed by atoms with Crippen molar-refractivity contribution in [2.45, 2.75) is 12.6 Å². The predicted molar refractivity (Wildman–Crippen MR) is 65.9 cm³/mol. The molecule has 2 heterocycles. The van der Waals surface area contributed by atoms with Gasteiger partial charge in [-0.15, -0.1) is 0 Å². The van der Waals surface area contributed by atoms with E-state index in [0.717, 1.165) is 5.56 Å². The zero-order valence-electron chi connectivity index (χ0n) is 9.58. The molecular formula is C12H12ClFN2O2. The minimum Gasteiger partial charge on any atom is -0.492 e. The van der Waals surface area contributed by atoms with Gasteiger partial charge in [0.1, 0.15) is 11.9 Å². The molecule has 1 aromatic carbocycles. The van der Waals surface area contributed by atoms with Gasteiger partial charge in [0.25, 0.3) is 5.91 Å². The van der Waals surface area contributed by atoms with Gasteiger partial charge in [-0.05, 0) is 6.07 Å². The fourth-order valence-corrected chi connectivity index (χ4v) is 2.51. The first kappa shape index (κ1) is 11.6. The first-order chi connectivity index (χ1) is 8.58. The molecule has 1 fully saturated rings. The summed E-state index contributed by atoms with van der Waals surface area (Å²) in [6.07, 6.45) is -0.277. The topological polar surface area (TPSA) is 55.6 Å². The number of ether oxygens (including phenoxy) is 1. The number of amides is 1. The van der Waals surface area contributed by atoms with Crippen molar-refractivity contribution in [3.05, 3.63) is 22.2 Å². The van der Waals surface area contributed by atoms with Gasteiger partial charge >= 0.3 is 0 Å². The van der Waals surface area contributed by atoms with Crippen LogP contribution < -0.4 is 10.5 Å². The van der Waals surface area contributed by atoms with Gasteiger partial charge in [0.15, 0.2) is 0 Å². The standard InChI is InChI=1S/C12H12ClFN2O2/c13-9-3-8(12(17)16-4-6(14)5-16)11-7(10(9)15)1-2-18-11/h3,6H,1-2,4-5,15H2. The highest BCUT2D eigenvalue weighted by Crippen LogP contribution is 2.39. The Morgan fingerprint density at radius 3 is 2.94 bits per heavy atom. The Bertz CT molecular complexity index is 529. The van der Waals surface area contributed by atoms with Crippen molar-refractivity contribution in [3.63, 3.8) is 0 Å². The Labute approximate surface area is 108 Å². The Hall–Kier alpha value is -1.49. The van der Waals surface area contributed by atoms with Gasteiger partial charge in [-0.2, -0.15) is 0 Å². The van der Waals surface area contributed by atoms with E-state index in [1.807, 2.05) is 0 Å². The van der Waals surface area contributed by atoms with Gasteiger partial charge in [-0.25, -0.2) is 4.39 Å². The maximum Gasteiger partial charge on any atom is 0.257 e. The van der Waals surface area contributed by atoms with Crippen LogP contribution in [-0.2, 0) is 6.42 Å². The van der Waals surface area contributed by atoms with E-state index in [-0.39, 0.29) is 19.0 Å². The molecule has 2 aliphatic heterocycles. The molecule has 0 aromatic heterocycles. The molecule has 0 unspecified atom stereocenters. The molecule has 0 atom stereocenters. The van der Waals surface area contributed by atoms with Gasteiger partial charge in [-0.3, -0.25) is 4.79 Å². The van der Waals surface area contributed by atoms with Crippen LogP contribution in [0, 0.1) is 0 Å². The highest BCUT2D eigenvalue weighted by Gasteiger charge is 2.34. The monoisotopic (exact) mass is 270 g/mol. The van der Waals surface area contributed by atoms with E-state index in [2.05, 4.69) is 0 Å². The summed E-state index contributed by atoms with van der Waals surface area (Å²) in [7, 11) is 0.